The van der Waals surface area contributed by atoms with Gasteiger partial charge in [-0.25, -0.2) is 19.2 Å². The predicted molar refractivity (Wildman–Crippen MR) is 157 cm³/mol. The molecule has 2 fully saturated rings. The molecular formula is C32H46N2O8. The van der Waals surface area contributed by atoms with Crippen molar-refractivity contribution in [1.82, 2.24) is 10.6 Å². The molecule has 0 aromatic heterocycles. The molecule has 2 amide bonds. The molecule has 0 heterocycles. The van der Waals surface area contributed by atoms with Crippen molar-refractivity contribution in [2.24, 2.45) is 11.8 Å². The number of rotatable bonds is 14. The highest BCUT2D eigenvalue weighted by Gasteiger charge is 2.20. The van der Waals surface area contributed by atoms with E-state index in [4.69, 9.17) is 18.9 Å². The lowest BCUT2D eigenvalue weighted by Gasteiger charge is -2.22. The van der Waals surface area contributed by atoms with Crippen LogP contribution in [0, 0.1) is 11.8 Å². The third-order valence-corrected chi connectivity index (χ3v) is 7.62. The van der Waals surface area contributed by atoms with Crippen LogP contribution in [0.25, 0.3) is 0 Å². The fourth-order valence-electron chi connectivity index (χ4n) is 5.26. The Bertz CT molecular complexity index is 1000. The molecule has 0 unspecified atom stereocenters. The summed E-state index contributed by atoms with van der Waals surface area (Å²) in [7, 11) is 0. The van der Waals surface area contributed by atoms with Crippen LogP contribution in [0.1, 0.15) is 76.7 Å². The third kappa shape index (κ3) is 13.9. The van der Waals surface area contributed by atoms with Gasteiger partial charge in [-0.1, -0.05) is 68.9 Å². The molecule has 3 rings (SSSR count). The van der Waals surface area contributed by atoms with Gasteiger partial charge in [-0.05, 0) is 56.4 Å². The lowest BCUT2D eigenvalue weighted by molar-refractivity contribution is -0.141. The van der Waals surface area contributed by atoms with E-state index in [1.165, 1.54) is 25.7 Å². The molecule has 0 bridgehead atoms. The lowest BCUT2D eigenvalue weighted by atomic mass is 9.90. The van der Waals surface area contributed by atoms with E-state index in [2.05, 4.69) is 10.6 Å². The van der Waals surface area contributed by atoms with Crippen molar-refractivity contribution in [2.45, 2.75) is 89.6 Å². The molecule has 0 aliphatic heterocycles. The quantitative estimate of drug-likeness (QED) is 0.172. The van der Waals surface area contributed by atoms with E-state index in [0.717, 1.165) is 56.2 Å². The monoisotopic (exact) mass is 586 g/mol. The van der Waals surface area contributed by atoms with Gasteiger partial charge in [0.2, 0.25) is 0 Å². The summed E-state index contributed by atoms with van der Waals surface area (Å²) in [6.45, 7) is 2.28. The van der Waals surface area contributed by atoms with E-state index >= 15 is 0 Å². The minimum atomic E-state index is -0.750. The molecule has 1 aromatic carbocycles. The molecule has 42 heavy (non-hydrogen) atoms. The van der Waals surface area contributed by atoms with E-state index < -0.39 is 36.2 Å². The van der Waals surface area contributed by atoms with Crippen molar-refractivity contribution in [2.75, 3.05) is 26.4 Å². The van der Waals surface area contributed by atoms with Crippen LogP contribution >= 0.6 is 0 Å². The van der Waals surface area contributed by atoms with Crippen molar-refractivity contribution in [1.29, 1.82) is 0 Å². The van der Waals surface area contributed by atoms with E-state index in [0.29, 0.717) is 31.5 Å². The minimum Gasteiger partial charge on any atom is -0.460 e. The van der Waals surface area contributed by atoms with Gasteiger partial charge in [-0.3, -0.25) is 0 Å². The molecule has 2 saturated carbocycles. The van der Waals surface area contributed by atoms with Crippen molar-refractivity contribution in [3.63, 3.8) is 0 Å². The summed E-state index contributed by atoms with van der Waals surface area (Å²) < 4.78 is 21.1. The maximum absolute atomic E-state index is 12.5. The Hall–Kier alpha value is -3.56. The van der Waals surface area contributed by atoms with Crippen molar-refractivity contribution in [3.8, 4) is 0 Å². The second-order valence-corrected chi connectivity index (χ2v) is 11.4. The maximum Gasteiger partial charge on any atom is 0.407 e. The number of carbonyl (C=O) groups is 4. The Balaban J connectivity index is 1.36. The van der Waals surface area contributed by atoms with Crippen molar-refractivity contribution < 1.29 is 38.1 Å². The molecule has 10 nitrogen and oxygen atoms in total. The molecule has 0 radical (unpaired) electrons. The summed E-state index contributed by atoms with van der Waals surface area (Å²) in [5.41, 5.74) is 0.964. The largest absolute Gasteiger partial charge is 0.460 e. The Morgan fingerprint density at radius 1 is 0.714 bits per heavy atom. The summed E-state index contributed by atoms with van der Waals surface area (Å²) in [6, 6.07) is 8.56. The minimum absolute atomic E-state index is 0.0806. The molecule has 2 aliphatic carbocycles. The maximum atomic E-state index is 12.5. The molecular weight excluding hydrogens is 540 g/mol. The number of carbonyl (C=O) groups excluding carboxylic acids is 4. The fraction of sp³-hybridized carbons (Fsp3) is 0.625. The van der Waals surface area contributed by atoms with Gasteiger partial charge in [0, 0.05) is 12.2 Å². The molecule has 1 aromatic rings. The zero-order valence-electron chi connectivity index (χ0n) is 24.7. The average Bonchev–Trinajstić information content (AvgIpc) is 3.01. The van der Waals surface area contributed by atoms with Crippen LogP contribution in [0.5, 0.6) is 0 Å². The first-order valence-corrected chi connectivity index (χ1v) is 15.3. The second kappa shape index (κ2) is 18.8. The smallest absolute Gasteiger partial charge is 0.407 e. The summed E-state index contributed by atoms with van der Waals surface area (Å²) in [5.74, 6) is -0.702. The molecule has 0 spiro atoms. The van der Waals surface area contributed by atoms with Gasteiger partial charge in [-0.2, -0.15) is 0 Å². The summed E-state index contributed by atoms with van der Waals surface area (Å²) in [6.07, 6.45) is 12.7. The summed E-state index contributed by atoms with van der Waals surface area (Å²) in [5, 5.41) is 5.44. The number of esters is 2. The standard InChI is InChI=1S/C32H46N2O8/c1-24(33-31(37)41-21-26-13-7-3-8-14-26)20-39-29(35)17-18-30(36)40-23-28(19-25-11-5-2-6-12-25)34-32(38)42-22-27-15-9-4-10-16-27/h2,5-6,11-12,17-18,24,26-28H,3-4,7-10,13-16,19-23H2,1H3,(H,33,37)(H,34,38)/b18-17+/t24-,28-/m1/s1. The Kier molecular flexibility index (Phi) is 14.7. The van der Waals surface area contributed by atoms with Gasteiger partial charge in [0.05, 0.1) is 25.3 Å². The van der Waals surface area contributed by atoms with Crippen LogP contribution in [0.4, 0.5) is 9.59 Å². The molecule has 2 atom stereocenters. The highest BCUT2D eigenvalue weighted by Crippen LogP contribution is 2.24. The fourth-order valence-corrected chi connectivity index (χ4v) is 5.26. The first-order valence-electron chi connectivity index (χ1n) is 15.3. The third-order valence-electron chi connectivity index (χ3n) is 7.62. The lowest BCUT2D eigenvalue weighted by Crippen LogP contribution is -2.41. The molecule has 232 valence electrons. The first-order chi connectivity index (χ1) is 20.4. The van der Waals surface area contributed by atoms with Gasteiger partial charge in [0.1, 0.15) is 13.2 Å². The van der Waals surface area contributed by atoms with Crippen LogP contribution in [0.15, 0.2) is 42.5 Å². The van der Waals surface area contributed by atoms with E-state index in [1.807, 2.05) is 30.3 Å². The van der Waals surface area contributed by atoms with E-state index in [-0.39, 0.29) is 13.2 Å². The Morgan fingerprint density at radius 2 is 1.21 bits per heavy atom. The highest BCUT2D eigenvalue weighted by molar-refractivity contribution is 5.91. The van der Waals surface area contributed by atoms with Crippen LogP contribution in [0.3, 0.4) is 0 Å². The number of hydrogen-bond acceptors (Lipinski definition) is 8. The first kappa shape index (κ1) is 32.9. The van der Waals surface area contributed by atoms with Gasteiger partial charge < -0.3 is 29.6 Å². The van der Waals surface area contributed by atoms with Gasteiger partial charge >= 0.3 is 24.1 Å². The molecule has 0 saturated heterocycles. The SMILES string of the molecule is C[C@H](COC(=O)/C=C/C(=O)OC[C@@H](Cc1ccccc1)NC(=O)OCC1CCCCC1)NC(=O)OCC1CCCCC1. The van der Waals surface area contributed by atoms with Gasteiger partial charge in [0.15, 0.2) is 0 Å². The topological polar surface area (TPSA) is 129 Å². The number of amides is 2. The molecule has 2 aliphatic rings. The van der Waals surface area contributed by atoms with Crippen LogP contribution in [-0.2, 0) is 35.0 Å². The normalized spacial score (nSPS) is 17.5. The highest BCUT2D eigenvalue weighted by atomic mass is 16.6. The van der Waals surface area contributed by atoms with Crippen molar-refractivity contribution >= 4 is 24.1 Å². The molecule has 2 N–H and O–H groups in total. The number of nitrogens with one attached hydrogen (secondary N) is 2. The van der Waals surface area contributed by atoms with E-state index in [9.17, 15) is 19.2 Å². The van der Waals surface area contributed by atoms with E-state index in [1.54, 1.807) is 6.92 Å². The predicted octanol–water partition coefficient (Wildman–Crippen LogP) is 5.24. The Labute approximate surface area is 248 Å². The number of hydrogen-bond donors (Lipinski definition) is 2. The molecule has 10 heteroatoms. The Morgan fingerprint density at radius 3 is 1.76 bits per heavy atom. The number of ether oxygens (including phenoxy) is 4. The average molecular weight is 587 g/mol. The number of alkyl carbamates (subject to hydrolysis) is 2. The number of benzene rings is 1. The second-order valence-electron chi connectivity index (χ2n) is 11.4. The van der Waals surface area contributed by atoms with Gasteiger partial charge in [-0.15, -0.1) is 0 Å². The van der Waals surface area contributed by atoms with Gasteiger partial charge in [0.25, 0.3) is 0 Å². The summed E-state index contributed by atoms with van der Waals surface area (Å²) >= 11 is 0. The zero-order chi connectivity index (χ0) is 30.0. The van der Waals surface area contributed by atoms with Crippen LogP contribution in [0.2, 0.25) is 0 Å². The zero-order valence-corrected chi connectivity index (χ0v) is 24.7. The van der Waals surface area contributed by atoms with Crippen LogP contribution in [-0.4, -0.2) is 62.6 Å². The van der Waals surface area contributed by atoms with Crippen molar-refractivity contribution in [3.05, 3.63) is 48.0 Å². The summed E-state index contributed by atoms with van der Waals surface area (Å²) in [4.78, 5) is 48.8. The van der Waals surface area contributed by atoms with Crippen LogP contribution < -0.4 is 10.6 Å².